The molecule has 1 unspecified atom stereocenters. The molecule has 0 aromatic heterocycles. The van der Waals surface area contributed by atoms with E-state index in [9.17, 15) is 18.0 Å². The molecule has 0 saturated heterocycles. The first-order valence-electron chi connectivity index (χ1n) is 8.07. The zero-order valence-corrected chi connectivity index (χ0v) is 14.9. The third-order valence-electron chi connectivity index (χ3n) is 3.94. The Morgan fingerprint density at radius 3 is 2.44 bits per heavy atom. The van der Waals surface area contributed by atoms with Crippen LogP contribution in [0.2, 0.25) is 5.02 Å². The maximum atomic E-state index is 12.9. The number of alkyl halides is 3. The summed E-state index contributed by atoms with van der Waals surface area (Å²) in [6.45, 7) is 1.52. The van der Waals surface area contributed by atoms with E-state index in [1.165, 1.54) is 13.0 Å². The number of hydrogen-bond acceptors (Lipinski definition) is 2. The number of amides is 1. The molecule has 0 saturated carbocycles. The van der Waals surface area contributed by atoms with Gasteiger partial charge in [0.15, 0.2) is 6.10 Å². The SMILES string of the molecule is CC(Oc1ccc2ccccc2c1)C(=O)Nc1ccc(Cl)c(C(F)(F)F)c1. The van der Waals surface area contributed by atoms with Crippen LogP contribution in [-0.4, -0.2) is 12.0 Å². The predicted octanol–water partition coefficient (Wildman–Crippen LogP) is 5.92. The van der Waals surface area contributed by atoms with Crippen molar-refractivity contribution >= 4 is 34.0 Å². The fraction of sp³-hybridized carbons (Fsp3) is 0.150. The summed E-state index contributed by atoms with van der Waals surface area (Å²) in [4.78, 5) is 12.3. The highest BCUT2D eigenvalue weighted by Crippen LogP contribution is 2.36. The largest absolute Gasteiger partial charge is 0.481 e. The first kappa shape index (κ1) is 19.0. The number of benzene rings is 3. The van der Waals surface area contributed by atoms with Crippen LogP contribution < -0.4 is 10.1 Å². The Morgan fingerprint density at radius 1 is 1.04 bits per heavy atom. The van der Waals surface area contributed by atoms with E-state index in [1.807, 2.05) is 30.3 Å². The van der Waals surface area contributed by atoms with Gasteiger partial charge in [0, 0.05) is 5.69 Å². The number of ether oxygens (including phenoxy) is 1. The lowest BCUT2D eigenvalue weighted by molar-refractivity contribution is -0.137. The van der Waals surface area contributed by atoms with E-state index in [0.717, 1.165) is 22.9 Å². The molecule has 3 rings (SSSR count). The smallest absolute Gasteiger partial charge is 0.417 e. The van der Waals surface area contributed by atoms with Crippen molar-refractivity contribution in [3.8, 4) is 5.75 Å². The molecule has 1 amide bonds. The Balaban J connectivity index is 1.72. The third-order valence-corrected chi connectivity index (χ3v) is 4.27. The average molecular weight is 394 g/mol. The normalized spacial score (nSPS) is 12.6. The fourth-order valence-electron chi connectivity index (χ4n) is 2.56. The van der Waals surface area contributed by atoms with Crippen molar-refractivity contribution in [3.63, 3.8) is 0 Å². The van der Waals surface area contributed by atoms with E-state index in [2.05, 4.69) is 5.32 Å². The summed E-state index contributed by atoms with van der Waals surface area (Å²) >= 11 is 5.58. The Kier molecular flexibility index (Phi) is 5.28. The van der Waals surface area contributed by atoms with Crippen molar-refractivity contribution in [1.82, 2.24) is 0 Å². The molecule has 27 heavy (non-hydrogen) atoms. The van der Waals surface area contributed by atoms with Crippen molar-refractivity contribution < 1.29 is 22.7 Å². The predicted molar refractivity (Wildman–Crippen MR) is 99.1 cm³/mol. The Labute approximate surface area is 158 Å². The van der Waals surface area contributed by atoms with E-state index < -0.39 is 28.8 Å². The van der Waals surface area contributed by atoms with Gasteiger partial charge in [-0.25, -0.2) is 0 Å². The highest BCUT2D eigenvalue weighted by Gasteiger charge is 2.33. The summed E-state index contributed by atoms with van der Waals surface area (Å²) in [5.74, 6) is -0.0814. The average Bonchev–Trinajstić information content (AvgIpc) is 2.62. The molecule has 0 aliphatic heterocycles. The molecule has 3 aromatic carbocycles. The van der Waals surface area contributed by atoms with Crippen LogP contribution in [0.25, 0.3) is 10.8 Å². The summed E-state index contributed by atoms with van der Waals surface area (Å²) in [6, 6.07) is 16.3. The lowest BCUT2D eigenvalue weighted by atomic mass is 10.1. The number of carbonyl (C=O) groups excluding carboxylic acids is 1. The number of rotatable bonds is 4. The van der Waals surface area contributed by atoms with Gasteiger partial charge in [0.05, 0.1) is 10.6 Å². The van der Waals surface area contributed by atoms with E-state index in [1.54, 1.807) is 12.1 Å². The molecule has 1 atom stereocenters. The molecule has 1 N–H and O–H groups in total. The molecule has 140 valence electrons. The van der Waals surface area contributed by atoms with Gasteiger partial charge < -0.3 is 10.1 Å². The second-order valence-corrected chi connectivity index (χ2v) is 6.36. The highest BCUT2D eigenvalue weighted by atomic mass is 35.5. The number of fused-ring (bicyclic) bond motifs is 1. The minimum Gasteiger partial charge on any atom is -0.481 e. The number of anilines is 1. The van der Waals surface area contributed by atoms with Crippen LogP contribution in [0.1, 0.15) is 12.5 Å². The minimum absolute atomic E-state index is 0.00862. The molecule has 0 fully saturated rings. The minimum atomic E-state index is -4.61. The van der Waals surface area contributed by atoms with Gasteiger partial charge in [0.2, 0.25) is 0 Å². The summed E-state index contributed by atoms with van der Waals surface area (Å²) in [5, 5.41) is 3.97. The summed E-state index contributed by atoms with van der Waals surface area (Å²) in [6.07, 6.45) is -5.51. The van der Waals surface area contributed by atoms with Crippen molar-refractivity contribution in [2.75, 3.05) is 5.32 Å². The van der Waals surface area contributed by atoms with E-state index in [0.29, 0.717) is 5.75 Å². The monoisotopic (exact) mass is 393 g/mol. The molecule has 0 bridgehead atoms. The lowest BCUT2D eigenvalue weighted by Gasteiger charge is -2.16. The van der Waals surface area contributed by atoms with Gasteiger partial charge in [-0.2, -0.15) is 13.2 Å². The van der Waals surface area contributed by atoms with Crippen LogP contribution >= 0.6 is 11.6 Å². The molecule has 7 heteroatoms. The highest BCUT2D eigenvalue weighted by molar-refractivity contribution is 6.31. The van der Waals surface area contributed by atoms with Crippen molar-refractivity contribution in [2.24, 2.45) is 0 Å². The quantitative estimate of drug-likeness (QED) is 0.597. The van der Waals surface area contributed by atoms with Crippen molar-refractivity contribution in [1.29, 1.82) is 0 Å². The summed E-state index contributed by atoms with van der Waals surface area (Å²) in [5.41, 5.74) is -1.02. The number of hydrogen-bond donors (Lipinski definition) is 1. The van der Waals surface area contributed by atoms with E-state index in [4.69, 9.17) is 16.3 Å². The summed E-state index contributed by atoms with van der Waals surface area (Å²) in [7, 11) is 0. The number of halogens is 4. The maximum Gasteiger partial charge on any atom is 0.417 e. The molecule has 0 radical (unpaired) electrons. The van der Waals surface area contributed by atoms with E-state index >= 15 is 0 Å². The molecule has 3 aromatic rings. The number of nitrogens with one attached hydrogen (secondary N) is 1. The van der Waals surface area contributed by atoms with Crippen LogP contribution in [0.5, 0.6) is 5.75 Å². The molecule has 0 aliphatic carbocycles. The lowest BCUT2D eigenvalue weighted by Crippen LogP contribution is -2.30. The third kappa shape index (κ3) is 4.52. The van der Waals surface area contributed by atoms with Crippen molar-refractivity contribution in [3.05, 3.63) is 71.2 Å². The van der Waals surface area contributed by atoms with Crippen LogP contribution in [0.4, 0.5) is 18.9 Å². The second kappa shape index (κ2) is 7.48. The van der Waals surface area contributed by atoms with Gasteiger partial charge in [-0.3, -0.25) is 4.79 Å². The Morgan fingerprint density at radius 2 is 1.74 bits per heavy atom. The standard InChI is InChI=1S/C20H15ClF3NO2/c1-12(27-16-8-6-13-4-2-3-5-14(13)10-16)19(26)25-15-7-9-18(21)17(11-15)20(22,23)24/h2-12H,1H3,(H,25,26). The maximum absolute atomic E-state index is 12.9. The number of carbonyl (C=O) groups is 1. The zero-order chi connectivity index (χ0) is 19.6. The van der Waals surface area contributed by atoms with Gasteiger partial charge in [-0.05, 0) is 48.0 Å². The summed E-state index contributed by atoms with van der Waals surface area (Å²) < 4.78 is 44.4. The Bertz CT molecular complexity index is 988. The van der Waals surface area contributed by atoms with Crippen LogP contribution in [0.15, 0.2) is 60.7 Å². The molecule has 3 nitrogen and oxygen atoms in total. The molecule has 0 aliphatic rings. The van der Waals surface area contributed by atoms with Gasteiger partial charge in [0.25, 0.3) is 5.91 Å². The van der Waals surface area contributed by atoms with Gasteiger partial charge in [0.1, 0.15) is 5.75 Å². The molecular formula is C20H15ClF3NO2. The zero-order valence-electron chi connectivity index (χ0n) is 14.2. The van der Waals surface area contributed by atoms with Crippen LogP contribution in [-0.2, 0) is 11.0 Å². The van der Waals surface area contributed by atoms with Gasteiger partial charge >= 0.3 is 6.18 Å². The van der Waals surface area contributed by atoms with Gasteiger partial charge in [-0.1, -0.05) is 41.9 Å². The fourth-order valence-corrected chi connectivity index (χ4v) is 2.79. The van der Waals surface area contributed by atoms with Crippen LogP contribution in [0.3, 0.4) is 0 Å². The molecular weight excluding hydrogens is 379 g/mol. The van der Waals surface area contributed by atoms with Gasteiger partial charge in [-0.15, -0.1) is 0 Å². The van der Waals surface area contributed by atoms with E-state index in [-0.39, 0.29) is 5.69 Å². The first-order chi connectivity index (χ1) is 12.7. The molecule has 0 spiro atoms. The van der Waals surface area contributed by atoms with Crippen molar-refractivity contribution in [2.45, 2.75) is 19.2 Å². The second-order valence-electron chi connectivity index (χ2n) is 5.95. The Hall–Kier alpha value is -2.73. The first-order valence-corrected chi connectivity index (χ1v) is 8.45. The molecule has 0 heterocycles. The topological polar surface area (TPSA) is 38.3 Å². The van der Waals surface area contributed by atoms with Crippen LogP contribution in [0, 0.1) is 0 Å².